The van der Waals surface area contributed by atoms with E-state index in [1.54, 1.807) is 12.1 Å². The fourth-order valence-electron chi connectivity index (χ4n) is 4.22. The summed E-state index contributed by atoms with van der Waals surface area (Å²) in [6, 6.07) is 13.3. The molecule has 0 spiro atoms. The fourth-order valence-corrected chi connectivity index (χ4v) is 5.73. The molecule has 6 heteroatoms. The van der Waals surface area contributed by atoms with Gasteiger partial charge in [0.25, 0.3) is 0 Å². The first-order valence-electron chi connectivity index (χ1n) is 9.83. The van der Waals surface area contributed by atoms with Crippen molar-refractivity contribution in [2.24, 2.45) is 5.92 Å². The Bertz CT molecular complexity index is 927. The highest BCUT2D eigenvalue weighted by Gasteiger charge is 2.33. The van der Waals surface area contributed by atoms with Crippen molar-refractivity contribution < 1.29 is 13.2 Å². The Kier molecular flexibility index (Phi) is 5.19. The van der Waals surface area contributed by atoms with Gasteiger partial charge in [-0.05, 0) is 48.6 Å². The number of carbonyl (C=O) groups excluding carboxylic acids is 1. The zero-order valence-corrected chi connectivity index (χ0v) is 16.2. The molecule has 0 atom stereocenters. The molecule has 2 aromatic carbocycles. The summed E-state index contributed by atoms with van der Waals surface area (Å²) in [6.07, 6.45) is 5.69. The zero-order valence-electron chi connectivity index (χ0n) is 15.4. The van der Waals surface area contributed by atoms with Gasteiger partial charge in [0.2, 0.25) is 15.9 Å². The lowest BCUT2D eigenvalue weighted by Crippen LogP contribution is -2.44. The maximum absolute atomic E-state index is 13.0. The van der Waals surface area contributed by atoms with Crippen LogP contribution in [0.2, 0.25) is 0 Å². The normalized spacial score (nSPS) is 20.1. The molecule has 0 radical (unpaired) electrons. The predicted octanol–water partition coefficient (Wildman–Crippen LogP) is 3.30. The number of piperidine rings is 1. The maximum atomic E-state index is 13.0. The lowest BCUT2D eigenvalue weighted by molar-refractivity contribution is -0.126. The minimum absolute atomic E-state index is 0.0753. The van der Waals surface area contributed by atoms with Crippen molar-refractivity contribution in [3.05, 3.63) is 42.5 Å². The minimum atomic E-state index is -3.52. The smallest absolute Gasteiger partial charge is 0.243 e. The van der Waals surface area contributed by atoms with Gasteiger partial charge in [0.1, 0.15) is 0 Å². The number of hydrogen-bond donors (Lipinski definition) is 1. The molecule has 5 nitrogen and oxygen atoms in total. The average Bonchev–Trinajstić information content (AvgIpc) is 3.20. The number of nitrogens with zero attached hydrogens (tertiary/aromatic N) is 1. The van der Waals surface area contributed by atoms with Gasteiger partial charge in [0.15, 0.2) is 0 Å². The van der Waals surface area contributed by atoms with Gasteiger partial charge in [0.05, 0.1) is 4.90 Å². The van der Waals surface area contributed by atoms with Crippen molar-refractivity contribution >= 4 is 26.7 Å². The van der Waals surface area contributed by atoms with Gasteiger partial charge < -0.3 is 5.32 Å². The lowest BCUT2D eigenvalue weighted by Gasteiger charge is -2.31. The lowest BCUT2D eigenvalue weighted by atomic mass is 9.97. The highest BCUT2D eigenvalue weighted by Crippen LogP contribution is 2.27. The molecule has 2 aromatic rings. The Balaban J connectivity index is 1.42. The quantitative estimate of drug-likeness (QED) is 0.877. The van der Waals surface area contributed by atoms with Crippen LogP contribution in [0, 0.1) is 5.92 Å². The summed E-state index contributed by atoms with van der Waals surface area (Å²) in [5.41, 5.74) is 0. The standard InChI is InChI=1S/C21H26N2O3S/c24-21(22-19-7-3-4-8-19)17-11-13-23(14-12-17)27(25,26)20-10-9-16-5-1-2-6-18(16)15-20/h1-2,5-6,9-10,15,17,19H,3-4,7-8,11-14H2,(H,22,24). The second kappa shape index (κ2) is 7.60. The Morgan fingerprint density at radius 2 is 1.59 bits per heavy atom. The first kappa shape index (κ1) is 18.4. The molecule has 2 fully saturated rings. The number of amides is 1. The zero-order chi connectivity index (χ0) is 18.9. The molecule has 144 valence electrons. The number of benzene rings is 2. The first-order valence-corrected chi connectivity index (χ1v) is 11.3. The summed E-state index contributed by atoms with van der Waals surface area (Å²) in [6.45, 7) is 0.801. The minimum Gasteiger partial charge on any atom is -0.353 e. The van der Waals surface area contributed by atoms with E-state index in [0.717, 1.165) is 23.6 Å². The number of hydrogen-bond acceptors (Lipinski definition) is 3. The summed E-state index contributed by atoms with van der Waals surface area (Å²) in [5.74, 6) is 0.0262. The molecule has 1 amide bonds. The van der Waals surface area contributed by atoms with Gasteiger partial charge in [-0.15, -0.1) is 0 Å². The Hall–Kier alpha value is -1.92. The Labute approximate surface area is 160 Å². The Morgan fingerprint density at radius 1 is 0.926 bits per heavy atom. The second-order valence-corrected chi connectivity index (χ2v) is 9.62. The molecule has 1 saturated heterocycles. The van der Waals surface area contributed by atoms with Crippen LogP contribution in [0.3, 0.4) is 0 Å². The monoisotopic (exact) mass is 386 g/mol. The molecule has 0 unspecified atom stereocenters. The molecule has 27 heavy (non-hydrogen) atoms. The van der Waals surface area contributed by atoms with Crippen LogP contribution in [0.5, 0.6) is 0 Å². The molecule has 0 aromatic heterocycles. The number of rotatable bonds is 4. The van der Waals surface area contributed by atoms with Crippen molar-refractivity contribution in [2.45, 2.75) is 49.5 Å². The van der Waals surface area contributed by atoms with E-state index in [1.165, 1.54) is 17.1 Å². The molecule has 1 heterocycles. The SMILES string of the molecule is O=C(NC1CCCC1)C1CCN(S(=O)(=O)c2ccc3ccccc3c2)CC1. The molecule has 4 rings (SSSR count). The van der Waals surface area contributed by atoms with Crippen LogP contribution >= 0.6 is 0 Å². The molecular weight excluding hydrogens is 360 g/mol. The molecule has 1 aliphatic carbocycles. The Morgan fingerprint density at radius 3 is 2.30 bits per heavy atom. The van der Waals surface area contributed by atoms with Gasteiger partial charge in [-0.1, -0.05) is 43.2 Å². The van der Waals surface area contributed by atoms with Gasteiger partial charge in [-0.2, -0.15) is 4.31 Å². The maximum Gasteiger partial charge on any atom is 0.243 e. The van der Waals surface area contributed by atoms with Crippen LogP contribution < -0.4 is 5.32 Å². The average molecular weight is 387 g/mol. The highest BCUT2D eigenvalue weighted by molar-refractivity contribution is 7.89. The van der Waals surface area contributed by atoms with E-state index >= 15 is 0 Å². The van der Waals surface area contributed by atoms with E-state index in [4.69, 9.17) is 0 Å². The number of carbonyl (C=O) groups is 1. The van der Waals surface area contributed by atoms with Gasteiger partial charge in [-0.3, -0.25) is 4.79 Å². The predicted molar refractivity (Wildman–Crippen MR) is 106 cm³/mol. The summed E-state index contributed by atoms with van der Waals surface area (Å²) in [4.78, 5) is 12.8. The first-order chi connectivity index (χ1) is 13.0. The van der Waals surface area contributed by atoms with E-state index < -0.39 is 10.0 Å². The summed E-state index contributed by atoms with van der Waals surface area (Å²) in [7, 11) is -3.52. The molecular formula is C21H26N2O3S. The number of fused-ring (bicyclic) bond motifs is 1. The van der Waals surface area contributed by atoms with Gasteiger partial charge in [0, 0.05) is 25.0 Å². The molecule has 2 aliphatic rings. The molecule has 0 bridgehead atoms. The third kappa shape index (κ3) is 3.87. The molecule has 1 aliphatic heterocycles. The fraction of sp³-hybridized carbons (Fsp3) is 0.476. The summed E-state index contributed by atoms with van der Waals surface area (Å²) in [5, 5.41) is 5.09. The third-order valence-corrected chi connectivity index (χ3v) is 7.78. The van der Waals surface area contributed by atoms with E-state index in [0.29, 0.717) is 36.9 Å². The van der Waals surface area contributed by atoms with Crippen molar-refractivity contribution in [3.8, 4) is 0 Å². The second-order valence-electron chi connectivity index (χ2n) is 7.68. The van der Waals surface area contributed by atoms with Crippen molar-refractivity contribution in [2.75, 3.05) is 13.1 Å². The van der Waals surface area contributed by atoms with Crippen LogP contribution in [0.25, 0.3) is 10.8 Å². The molecule has 1 N–H and O–H groups in total. The van der Waals surface area contributed by atoms with Crippen molar-refractivity contribution in [3.63, 3.8) is 0 Å². The van der Waals surface area contributed by atoms with Crippen molar-refractivity contribution in [1.82, 2.24) is 9.62 Å². The number of sulfonamides is 1. The van der Waals surface area contributed by atoms with Crippen LogP contribution in [-0.4, -0.2) is 37.8 Å². The van der Waals surface area contributed by atoms with E-state index in [9.17, 15) is 13.2 Å². The van der Waals surface area contributed by atoms with E-state index in [1.807, 2.05) is 30.3 Å². The van der Waals surface area contributed by atoms with Crippen LogP contribution in [0.15, 0.2) is 47.4 Å². The van der Waals surface area contributed by atoms with E-state index in [-0.39, 0.29) is 11.8 Å². The highest BCUT2D eigenvalue weighted by atomic mass is 32.2. The third-order valence-electron chi connectivity index (χ3n) is 5.88. The van der Waals surface area contributed by atoms with Gasteiger partial charge >= 0.3 is 0 Å². The largest absolute Gasteiger partial charge is 0.353 e. The van der Waals surface area contributed by atoms with Crippen LogP contribution in [0.1, 0.15) is 38.5 Å². The topological polar surface area (TPSA) is 66.5 Å². The van der Waals surface area contributed by atoms with Crippen molar-refractivity contribution in [1.29, 1.82) is 0 Å². The van der Waals surface area contributed by atoms with Gasteiger partial charge in [-0.25, -0.2) is 8.42 Å². The summed E-state index contributed by atoms with van der Waals surface area (Å²) < 4.78 is 27.5. The van der Waals surface area contributed by atoms with E-state index in [2.05, 4.69) is 5.32 Å². The number of nitrogens with one attached hydrogen (secondary N) is 1. The summed E-state index contributed by atoms with van der Waals surface area (Å²) >= 11 is 0. The molecule has 1 saturated carbocycles. The van der Waals surface area contributed by atoms with Crippen LogP contribution in [0.4, 0.5) is 0 Å². The van der Waals surface area contributed by atoms with Crippen LogP contribution in [-0.2, 0) is 14.8 Å².